The van der Waals surface area contributed by atoms with Crippen molar-refractivity contribution < 1.29 is 10.2 Å². The van der Waals surface area contributed by atoms with Crippen molar-refractivity contribution in [2.75, 3.05) is 12.3 Å². The van der Waals surface area contributed by atoms with Crippen molar-refractivity contribution in [2.45, 2.75) is 23.1 Å². The highest BCUT2D eigenvalue weighted by Gasteiger charge is 2.52. The van der Waals surface area contributed by atoms with Gasteiger partial charge in [0, 0.05) is 0 Å². The summed E-state index contributed by atoms with van der Waals surface area (Å²) in [7, 11) is 0. The summed E-state index contributed by atoms with van der Waals surface area (Å²) in [5, 5.41) is 19.0. The van der Waals surface area contributed by atoms with Crippen LogP contribution in [0.15, 0.2) is 12.7 Å². The zero-order chi connectivity index (χ0) is 12.9. The largest absolute Gasteiger partial charge is 0.395 e. The Labute approximate surface area is 107 Å². The molecule has 0 bridgehead atoms. The molecule has 8 heteroatoms. The van der Waals surface area contributed by atoms with Crippen LogP contribution in [-0.4, -0.2) is 47.2 Å². The minimum Gasteiger partial charge on any atom is -0.395 e. The number of aliphatic hydroxyl groups is 2. The van der Waals surface area contributed by atoms with Crippen LogP contribution in [0.1, 0.15) is 12.3 Å². The monoisotopic (exact) mass is 267 g/mol. The van der Waals surface area contributed by atoms with E-state index in [2.05, 4.69) is 15.0 Å². The van der Waals surface area contributed by atoms with E-state index in [1.165, 1.54) is 18.1 Å². The Morgan fingerprint density at radius 3 is 2.94 bits per heavy atom. The average molecular weight is 267 g/mol. The lowest BCUT2D eigenvalue weighted by Crippen LogP contribution is -2.55. The molecule has 1 aliphatic rings. The highest BCUT2D eigenvalue weighted by Crippen LogP contribution is 2.53. The van der Waals surface area contributed by atoms with Gasteiger partial charge in [-0.15, -0.1) is 11.8 Å². The van der Waals surface area contributed by atoms with E-state index in [1.807, 2.05) is 0 Å². The molecule has 7 nitrogen and oxygen atoms in total. The van der Waals surface area contributed by atoms with Crippen molar-refractivity contribution in [3.63, 3.8) is 0 Å². The van der Waals surface area contributed by atoms with Crippen molar-refractivity contribution in [1.82, 2.24) is 19.5 Å². The Morgan fingerprint density at radius 2 is 2.28 bits per heavy atom. The molecule has 0 amide bonds. The van der Waals surface area contributed by atoms with Crippen LogP contribution in [0.25, 0.3) is 11.2 Å². The van der Waals surface area contributed by atoms with Crippen LogP contribution >= 0.6 is 11.8 Å². The number of rotatable bonds is 2. The maximum atomic E-state index is 10.3. The van der Waals surface area contributed by atoms with Gasteiger partial charge in [-0.1, -0.05) is 0 Å². The highest BCUT2D eigenvalue weighted by molar-refractivity contribution is 8.01. The fourth-order valence-electron chi connectivity index (χ4n) is 2.13. The molecule has 3 rings (SSSR count). The van der Waals surface area contributed by atoms with Gasteiger partial charge in [-0.3, -0.25) is 4.57 Å². The van der Waals surface area contributed by atoms with E-state index in [-0.39, 0.29) is 17.2 Å². The maximum Gasteiger partial charge on any atom is 0.166 e. The Morgan fingerprint density at radius 1 is 1.50 bits per heavy atom. The number of nitrogen functional groups attached to an aromatic ring is 1. The van der Waals surface area contributed by atoms with Crippen molar-refractivity contribution in [3.8, 4) is 0 Å². The number of aliphatic hydroxyl groups excluding tert-OH is 1. The minimum atomic E-state index is -0.993. The summed E-state index contributed by atoms with van der Waals surface area (Å²) < 4.78 is 1.77. The molecule has 1 saturated heterocycles. The van der Waals surface area contributed by atoms with Crippen LogP contribution in [-0.2, 0) is 0 Å². The number of imidazole rings is 1. The number of nitrogens with two attached hydrogens (primary N) is 1. The number of fused-ring (bicyclic) bond motifs is 1. The molecule has 18 heavy (non-hydrogen) atoms. The normalized spacial score (nSPS) is 31.5. The van der Waals surface area contributed by atoms with E-state index in [4.69, 9.17) is 10.8 Å². The Bertz CT molecular complexity index is 599. The lowest BCUT2D eigenvalue weighted by atomic mass is 10.0. The molecule has 0 unspecified atom stereocenters. The predicted octanol–water partition coefficient (Wildman–Crippen LogP) is -0.234. The molecular weight excluding hydrogens is 254 g/mol. The molecular formula is C10H13N5O2S. The molecule has 3 atom stereocenters. The topological polar surface area (TPSA) is 110 Å². The summed E-state index contributed by atoms with van der Waals surface area (Å²) >= 11 is 1.48. The van der Waals surface area contributed by atoms with Gasteiger partial charge in [0.05, 0.1) is 18.2 Å². The second-order valence-corrected chi connectivity index (χ2v) is 5.76. The van der Waals surface area contributed by atoms with E-state index in [9.17, 15) is 5.11 Å². The van der Waals surface area contributed by atoms with Gasteiger partial charge in [-0.2, -0.15) is 0 Å². The van der Waals surface area contributed by atoms with Crippen LogP contribution in [0.2, 0.25) is 0 Å². The summed E-state index contributed by atoms with van der Waals surface area (Å²) in [5.74, 6) is 0.321. The van der Waals surface area contributed by atoms with Crippen LogP contribution in [0, 0.1) is 0 Å². The fourth-order valence-corrected chi connectivity index (χ4v) is 3.44. The van der Waals surface area contributed by atoms with E-state index in [0.29, 0.717) is 17.0 Å². The molecule has 0 aliphatic carbocycles. The Kier molecular flexibility index (Phi) is 2.47. The first-order valence-corrected chi connectivity index (χ1v) is 6.41. The van der Waals surface area contributed by atoms with Crippen molar-refractivity contribution in [1.29, 1.82) is 0 Å². The first kappa shape index (κ1) is 11.7. The summed E-state index contributed by atoms with van der Waals surface area (Å²) in [6.07, 6.45) is 2.97. The molecule has 0 aromatic carbocycles. The lowest BCUT2D eigenvalue weighted by molar-refractivity contribution is 0.00190. The van der Waals surface area contributed by atoms with E-state index < -0.39 is 5.60 Å². The smallest absolute Gasteiger partial charge is 0.166 e. The highest BCUT2D eigenvalue weighted by atomic mass is 32.2. The maximum absolute atomic E-state index is 10.3. The molecule has 1 aliphatic heterocycles. The molecule has 0 radical (unpaired) electrons. The number of hydrogen-bond acceptors (Lipinski definition) is 7. The number of hydrogen-bond donors (Lipinski definition) is 3. The fraction of sp³-hybridized carbons (Fsp3) is 0.500. The van der Waals surface area contributed by atoms with Gasteiger partial charge in [0.15, 0.2) is 11.5 Å². The first-order valence-electron chi connectivity index (χ1n) is 5.47. The van der Waals surface area contributed by atoms with Crippen molar-refractivity contribution >= 4 is 28.7 Å². The van der Waals surface area contributed by atoms with E-state index in [1.54, 1.807) is 17.8 Å². The van der Waals surface area contributed by atoms with Crippen LogP contribution in [0.4, 0.5) is 5.82 Å². The van der Waals surface area contributed by atoms with Crippen LogP contribution in [0.3, 0.4) is 0 Å². The van der Waals surface area contributed by atoms with Crippen LogP contribution in [0.5, 0.6) is 0 Å². The summed E-state index contributed by atoms with van der Waals surface area (Å²) in [6, 6.07) is 0. The van der Waals surface area contributed by atoms with Gasteiger partial charge < -0.3 is 15.9 Å². The average Bonchev–Trinajstić information content (AvgIpc) is 2.74. The SMILES string of the molecule is C[C@]1(O)[C@@H](CO)S[C@H]1n1cnc2c(N)ncnc21. The second-order valence-electron chi connectivity index (χ2n) is 4.47. The summed E-state index contributed by atoms with van der Waals surface area (Å²) in [4.78, 5) is 12.2. The molecule has 1 fully saturated rings. The molecule has 2 aromatic heterocycles. The number of thioether (sulfide) groups is 1. The molecule has 3 heterocycles. The van der Waals surface area contributed by atoms with Gasteiger partial charge in [-0.25, -0.2) is 15.0 Å². The third-order valence-corrected chi connectivity index (χ3v) is 5.17. The van der Waals surface area contributed by atoms with Gasteiger partial charge in [0.25, 0.3) is 0 Å². The zero-order valence-corrected chi connectivity index (χ0v) is 10.5. The molecule has 2 aromatic rings. The van der Waals surface area contributed by atoms with Gasteiger partial charge in [-0.05, 0) is 6.92 Å². The van der Waals surface area contributed by atoms with Crippen LogP contribution < -0.4 is 5.73 Å². The quantitative estimate of drug-likeness (QED) is 0.689. The summed E-state index contributed by atoms with van der Waals surface area (Å²) in [6.45, 7) is 1.64. The third kappa shape index (κ3) is 1.43. The first-order chi connectivity index (χ1) is 8.55. The van der Waals surface area contributed by atoms with E-state index >= 15 is 0 Å². The summed E-state index contributed by atoms with van der Waals surface area (Å²) in [5.41, 5.74) is 5.84. The second kappa shape index (κ2) is 3.81. The number of anilines is 1. The number of nitrogens with zero attached hydrogens (tertiary/aromatic N) is 4. The van der Waals surface area contributed by atoms with Gasteiger partial charge >= 0.3 is 0 Å². The van der Waals surface area contributed by atoms with Gasteiger partial charge in [0.1, 0.15) is 22.8 Å². The van der Waals surface area contributed by atoms with Gasteiger partial charge in [0.2, 0.25) is 0 Å². The minimum absolute atomic E-state index is 0.0576. The molecule has 0 spiro atoms. The van der Waals surface area contributed by atoms with Crippen molar-refractivity contribution in [2.24, 2.45) is 0 Å². The predicted molar refractivity (Wildman–Crippen MR) is 67.9 cm³/mol. The Balaban J connectivity index is 2.04. The molecule has 4 N–H and O–H groups in total. The third-order valence-electron chi connectivity index (χ3n) is 3.25. The molecule has 0 saturated carbocycles. The standard InChI is InChI=1S/C10H13N5O2S/c1-10(17)5(2-16)18-9(10)15-4-14-6-7(11)12-3-13-8(6)15/h3-5,9,16-17H,2H2,1H3,(H2,11,12,13)/t5-,9-,10+/m1/s1. The van der Waals surface area contributed by atoms with Crippen molar-refractivity contribution in [3.05, 3.63) is 12.7 Å². The number of aromatic nitrogens is 4. The Hall–Kier alpha value is -1.38. The lowest BCUT2D eigenvalue weighted by Gasteiger charge is -2.49. The molecule has 96 valence electrons. The van der Waals surface area contributed by atoms with E-state index in [0.717, 1.165) is 0 Å². The zero-order valence-electron chi connectivity index (χ0n) is 9.69.